The molecular formula is C19H12O3S. The Labute approximate surface area is 137 Å². The third-order valence-electron chi connectivity index (χ3n) is 3.70. The van der Waals surface area contributed by atoms with Crippen LogP contribution in [0.25, 0.3) is 11.1 Å². The van der Waals surface area contributed by atoms with Crippen LogP contribution in [0.3, 0.4) is 0 Å². The molecule has 0 spiro atoms. The number of aromatic carboxylic acids is 1. The van der Waals surface area contributed by atoms with E-state index < -0.39 is 5.97 Å². The van der Waals surface area contributed by atoms with Crippen LogP contribution < -0.4 is 4.74 Å². The van der Waals surface area contributed by atoms with Crippen LogP contribution in [0, 0.1) is 0 Å². The van der Waals surface area contributed by atoms with Crippen molar-refractivity contribution in [2.24, 2.45) is 0 Å². The van der Waals surface area contributed by atoms with E-state index in [2.05, 4.69) is 0 Å². The highest BCUT2D eigenvalue weighted by atomic mass is 32.2. The number of carbonyl (C=O) groups is 1. The predicted molar refractivity (Wildman–Crippen MR) is 89.5 cm³/mol. The molecule has 3 aromatic rings. The first-order chi connectivity index (χ1) is 11.2. The Bertz CT molecular complexity index is 918. The lowest BCUT2D eigenvalue weighted by molar-refractivity contribution is 0.0697. The number of benzene rings is 3. The second-order valence-electron chi connectivity index (χ2n) is 5.16. The van der Waals surface area contributed by atoms with E-state index in [0.29, 0.717) is 11.1 Å². The molecule has 0 fully saturated rings. The van der Waals surface area contributed by atoms with Gasteiger partial charge in [-0.2, -0.15) is 0 Å². The van der Waals surface area contributed by atoms with Gasteiger partial charge in [-0.3, -0.25) is 0 Å². The van der Waals surface area contributed by atoms with Crippen molar-refractivity contribution < 1.29 is 14.6 Å². The molecule has 0 radical (unpaired) electrons. The van der Waals surface area contributed by atoms with Gasteiger partial charge in [0, 0.05) is 0 Å². The van der Waals surface area contributed by atoms with Crippen molar-refractivity contribution in [3.05, 3.63) is 72.3 Å². The molecule has 1 aliphatic rings. The summed E-state index contributed by atoms with van der Waals surface area (Å²) in [6, 6.07) is 20.7. The second-order valence-corrected chi connectivity index (χ2v) is 6.25. The SMILES string of the molecule is O=C(O)c1ccccc1-c1ccc2c(c1)Sc1ccccc1O2. The molecule has 1 N–H and O–H groups in total. The van der Waals surface area contributed by atoms with Crippen LogP contribution in [-0.4, -0.2) is 11.1 Å². The fourth-order valence-electron chi connectivity index (χ4n) is 2.62. The zero-order valence-electron chi connectivity index (χ0n) is 12.0. The number of rotatable bonds is 2. The third-order valence-corrected chi connectivity index (χ3v) is 4.80. The first-order valence-corrected chi connectivity index (χ1v) is 7.95. The van der Waals surface area contributed by atoms with Gasteiger partial charge in [0.15, 0.2) is 0 Å². The number of para-hydroxylation sites is 1. The van der Waals surface area contributed by atoms with Gasteiger partial charge in [0.2, 0.25) is 0 Å². The summed E-state index contributed by atoms with van der Waals surface area (Å²) in [6.07, 6.45) is 0. The molecule has 0 bridgehead atoms. The molecule has 0 aliphatic carbocycles. The highest BCUT2D eigenvalue weighted by Gasteiger charge is 2.19. The van der Waals surface area contributed by atoms with E-state index in [4.69, 9.17) is 4.74 Å². The highest BCUT2D eigenvalue weighted by molar-refractivity contribution is 7.99. The van der Waals surface area contributed by atoms with Gasteiger partial charge in [0.1, 0.15) is 11.5 Å². The minimum Gasteiger partial charge on any atom is -0.478 e. The first kappa shape index (κ1) is 13.9. The molecule has 1 heterocycles. The van der Waals surface area contributed by atoms with Gasteiger partial charge in [-0.15, -0.1) is 0 Å². The molecule has 3 nitrogen and oxygen atoms in total. The summed E-state index contributed by atoms with van der Waals surface area (Å²) < 4.78 is 5.91. The van der Waals surface area contributed by atoms with Crippen molar-refractivity contribution in [3.8, 4) is 22.6 Å². The normalized spacial score (nSPS) is 12.0. The van der Waals surface area contributed by atoms with Gasteiger partial charge in [0.25, 0.3) is 0 Å². The van der Waals surface area contributed by atoms with Gasteiger partial charge in [-0.05, 0) is 41.5 Å². The zero-order valence-corrected chi connectivity index (χ0v) is 12.8. The summed E-state index contributed by atoms with van der Waals surface area (Å²) in [5.41, 5.74) is 1.88. The van der Waals surface area contributed by atoms with Gasteiger partial charge in [-0.1, -0.05) is 48.2 Å². The Balaban J connectivity index is 1.79. The molecule has 0 aromatic heterocycles. The second kappa shape index (κ2) is 5.48. The average molecular weight is 320 g/mol. The van der Waals surface area contributed by atoms with Gasteiger partial charge >= 0.3 is 5.97 Å². The molecule has 1 aliphatic heterocycles. The fourth-order valence-corrected chi connectivity index (χ4v) is 3.61. The van der Waals surface area contributed by atoms with Crippen LogP contribution >= 0.6 is 11.8 Å². The summed E-state index contributed by atoms with van der Waals surface area (Å²) >= 11 is 1.63. The Morgan fingerprint density at radius 2 is 1.61 bits per heavy atom. The van der Waals surface area contributed by atoms with Crippen molar-refractivity contribution in [1.29, 1.82) is 0 Å². The molecule has 0 amide bonds. The number of fused-ring (bicyclic) bond motifs is 2. The van der Waals surface area contributed by atoms with Crippen LogP contribution in [0.1, 0.15) is 10.4 Å². The van der Waals surface area contributed by atoms with Crippen molar-refractivity contribution in [2.45, 2.75) is 9.79 Å². The minimum absolute atomic E-state index is 0.301. The van der Waals surface area contributed by atoms with Crippen LogP contribution in [-0.2, 0) is 0 Å². The Morgan fingerprint density at radius 1 is 0.870 bits per heavy atom. The van der Waals surface area contributed by atoms with Crippen molar-refractivity contribution in [3.63, 3.8) is 0 Å². The van der Waals surface area contributed by atoms with Gasteiger partial charge in [-0.25, -0.2) is 4.79 Å². The van der Waals surface area contributed by atoms with E-state index in [-0.39, 0.29) is 0 Å². The molecule has 4 heteroatoms. The smallest absolute Gasteiger partial charge is 0.336 e. The van der Waals surface area contributed by atoms with E-state index in [1.165, 1.54) is 0 Å². The molecule has 23 heavy (non-hydrogen) atoms. The lowest BCUT2D eigenvalue weighted by Gasteiger charge is -2.20. The third kappa shape index (κ3) is 2.47. The molecule has 0 saturated carbocycles. The summed E-state index contributed by atoms with van der Waals surface area (Å²) in [4.78, 5) is 13.5. The maximum atomic E-state index is 11.4. The fraction of sp³-hybridized carbons (Fsp3) is 0. The molecule has 0 atom stereocenters. The van der Waals surface area contributed by atoms with E-state index in [9.17, 15) is 9.90 Å². The minimum atomic E-state index is -0.924. The summed E-state index contributed by atoms with van der Waals surface area (Å²) in [6.45, 7) is 0. The first-order valence-electron chi connectivity index (χ1n) is 7.14. The monoisotopic (exact) mass is 320 g/mol. The van der Waals surface area contributed by atoms with Crippen LogP contribution in [0.5, 0.6) is 11.5 Å². The van der Waals surface area contributed by atoms with Gasteiger partial charge < -0.3 is 9.84 Å². The van der Waals surface area contributed by atoms with Crippen molar-refractivity contribution in [1.82, 2.24) is 0 Å². The number of hydrogen-bond acceptors (Lipinski definition) is 3. The van der Waals surface area contributed by atoms with E-state index in [1.807, 2.05) is 54.6 Å². The predicted octanol–water partition coefficient (Wildman–Crippen LogP) is 5.31. The molecule has 112 valence electrons. The van der Waals surface area contributed by atoms with E-state index in [0.717, 1.165) is 26.9 Å². The van der Waals surface area contributed by atoms with Crippen molar-refractivity contribution >= 4 is 17.7 Å². The van der Waals surface area contributed by atoms with Crippen LogP contribution in [0.2, 0.25) is 0 Å². The zero-order chi connectivity index (χ0) is 15.8. The maximum absolute atomic E-state index is 11.4. The summed E-state index contributed by atoms with van der Waals surface area (Å²) in [5.74, 6) is 0.724. The average Bonchev–Trinajstić information content (AvgIpc) is 2.59. The Kier molecular flexibility index (Phi) is 3.32. The summed E-state index contributed by atoms with van der Waals surface area (Å²) in [7, 11) is 0. The number of hydrogen-bond donors (Lipinski definition) is 1. The van der Waals surface area contributed by atoms with Crippen molar-refractivity contribution in [2.75, 3.05) is 0 Å². The highest BCUT2D eigenvalue weighted by Crippen LogP contribution is 2.47. The molecule has 0 saturated heterocycles. The quantitative estimate of drug-likeness (QED) is 0.544. The molecule has 3 aromatic carbocycles. The van der Waals surface area contributed by atoms with Crippen LogP contribution in [0.4, 0.5) is 0 Å². The lowest BCUT2D eigenvalue weighted by atomic mass is 10.00. The Morgan fingerprint density at radius 3 is 2.48 bits per heavy atom. The van der Waals surface area contributed by atoms with Gasteiger partial charge in [0.05, 0.1) is 15.4 Å². The molecule has 4 rings (SSSR count). The standard InChI is InChI=1S/C19H12O3S/c20-19(21)14-6-2-1-5-13(14)12-9-10-16-18(11-12)23-17-8-4-3-7-15(17)22-16/h1-11H,(H,20,21). The Hall–Kier alpha value is -2.72. The number of ether oxygens (including phenoxy) is 1. The lowest BCUT2D eigenvalue weighted by Crippen LogP contribution is -2.00. The number of carboxylic acid groups (broad SMARTS) is 1. The molecular weight excluding hydrogens is 308 g/mol. The topological polar surface area (TPSA) is 46.5 Å². The molecule has 0 unspecified atom stereocenters. The van der Waals surface area contributed by atoms with E-state index >= 15 is 0 Å². The van der Waals surface area contributed by atoms with Crippen LogP contribution in [0.15, 0.2) is 76.5 Å². The number of carboxylic acids is 1. The summed E-state index contributed by atoms with van der Waals surface area (Å²) in [5, 5.41) is 9.37. The largest absolute Gasteiger partial charge is 0.478 e. The maximum Gasteiger partial charge on any atom is 0.336 e. The van der Waals surface area contributed by atoms with E-state index in [1.54, 1.807) is 23.9 Å².